The predicted molar refractivity (Wildman–Crippen MR) is 79.0 cm³/mol. The van der Waals surface area contributed by atoms with Gasteiger partial charge < -0.3 is 15.8 Å². The van der Waals surface area contributed by atoms with Gasteiger partial charge in [-0.2, -0.15) is 0 Å². The van der Waals surface area contributed by atoms with Gasteiger partial charge in [-0.1, -0.05) is 0 Å². The van der Waals surface area contributed by atoms with E-state index >= 15 is 0 Å². The van der Waals surface area contributed by atoms with Gasteiger partial charge in [0, 0.05) is 30.4 Å². The minimum absolute atomic E-state index is 0.0655. The molecular weight excluding hydrogens is 278 g/mol. The van der Waals surface area contributed by atoms with Crippen molar-refractivity contribution in [2.24, 2.45) is 11.1 Å². The molecule has 1 aliphatic heterocycles. The van der Waals surface area contributed by atoms with Crippen molar-refractivity contribution in [3.05, 3.63) is 17.7 Å². The molecule has 0 radical (unpaired) electrons. The fraction of sp³-hybridized carbons (Fsp3) is 0.538. The average Bonchev–Trinajstić information content (AvgIpc) is 2.74. The van der Waals surface area contributed by atoms with Crippen molar-refractivity contribution >= 4 is 21.4 Å². The van der Waals surface area contributed by atoms with Crippen LogP contribution >= 0.6 is 0 Å². The smallest absolute Gasteiger partial charge is 0.238 e. The van der Waals surface area contributed by atoms with Crippen LogP contribution in [0.1, 0.15) is 18.9 Å². The van der Waals surface area contributed by atoms with Crippen molar-refractivity contribution < 1.29 is 13.2 Å². The molecule has 2 unspecified atom stereocenters. The second-order valence-corrected chi connectivity index (χ2v) is 6.77. The largest absolute Gasteiger partial charge is 0.399 e. The lowest BCUT2D eigenvalue weighted by Crippen LogP contribution is -2.22. The van der Waals surface area contributed by atoms with Crippen LogP contribution < -0.4 is 16.2 Å². The average molecular weight is 299 g/mol. The monoisotopic (exact) mass is 299 g/mol. The second kappa shape index (κ2) is 5.59. The van der Waals surface area contributed by atoms with Gasteiger partial charge in [0.25, 0.3) is 0 Å². The molecule has 1 aromatic carbocycles. The summed E-state index contributed by atoms with van der Waals surface area (Å²) >= 11 is 0. The van der Waals surface area contributed by atoms with Crippen molar-refractivity contribution in [1.82, 2.24) is 0 Å². The van der Waals surface area contributed by atoms with Crippen molar-refractivity contribution in [2.45, 2.75) is 31.3 Å². The van der Waals surface area contributed by atoms with Crippen LogP contribution in [-0.4, -0.2) is 27.7 Å². The van der Waals surface area contributed by atoms with Crippen molar-refractivity contribution in [3.8, 4) is 0 Å². The summed E-state index contributed by atoms with van der Waals surface area (Å²) in [7, 11) is -3.77. The number of rotatable bonds is 4. The summed E-state index contributed by atoms with van der Waals surface area (Å²) in [6.07, 6.45) is 1.21. The van der Waals surface area contributed by atoms with E-state index in [1.165, 1.54) is 6.07 Å². The van der Waals surface area contributed by atoms with Gasteiger partial charge in [-0.25, -0.2) is 13.6 Å². The molecule has 0 amide bonds. The maximum Gasteiger partial charge on any atom is 0.238 e. The second-order valence-electron chi connectivity index (χ2n) is 5.24. The Kier molecular flexibility index (Phi) is 4.22. The SMILES string of the molecule is Cc1c(NCC2CCOC2C)cc(N)cc1S(N)(=O)=O. The van der Waals surface area contributed by atoms with Gasteiger partial charge in [0.05, 0.1) is 11.0 Å². The molecule has 0 aliphatic carbocycles. The van der Waals surface area contributed by atoms with Crippen molar-refractivity contribution in [3.63, 3.8) is 0 Å². The van der Waals surface area contributed by atoms with Crippen LogP contribution in [0.5, 0.6) is 0 Å². The fourth-order valence-corrected chi connectivity index (χ4v) is 3.31. The first-order chi connectivity index (χ1) is 9.29. The van der Waals surface area contributed by atoms with Crippen LogP contribution in [-0.2, 0) is 14.8 Å². The standard InChI is InChI=1S/C13H21N3O3S/c1-8-12(16-7-10-3-4-19-9(10)2)5-11(14)6-13(8)20(15,17)18/h5-6,9-10,16H,3-4,7,14H2,1-2H3,(H2,15,17,18). The maximum atomic E-state index is 11.5. The third-order valence-electron chi connectivity index (χ3n) is 3.78. The Morgan fingerprint density at radius 1 is 1.45 bits per heavy atom. The number of sulfonamides is 1. The molecule has 1 aliphatic rings. The summed E-state index contributed by atoms with van der Waals surface area (Å²) in [5.74, 6) is 0.411. The molecule has 1 fully saturated rings. The molecule has 5 N–H and O–H groups in total. The van der Waals surface area contributed by atoms with Gasteiger partial charge in [-0.05, 0) is 38.0 Å². The highest BCUT2D eigenvalue weighted by atomic mass is 32.2. The molecule has 0 bridgehead atoms. The fourth-order valence-electron chi connectivity index (χ4n) is 2.47. The van der Waals surface area contributed by atoms with Crippen LogP contribution in [0.15, 0.2) is 17.0 Å². The molecule has 0 spiro atoms. The van der Waals surface area contributed by atoms with E-state index in [1.807, 2.05) is 6.92 Å². The first kappa shape index (κ1) is 15.1. The Balaban J connectivity index is 2.21. The number of primary sulfonamides is 1. The Labute approximate surface area is 119 Å². The van der Waals surface area contributed by atoms with E-state index in [0.717, 1.165) is 19.6 Å². The molecule has 0 aromatic heterocycles. The molecule has 6 nitrogen and oxygen atoms in total. The summed E-state index contributed by atoms with van der Waals surface area (Å²) in [5.41, 5.74) is 7.42. The van der Waals surface area contributed by atoms with E-state index in [4.69, 9.17) is 15.6 Å². The zero-order valence-corrected chi connectivity index (χ0v) is 12.5. The maximum absolute atomic E-state index is 11.5. The first-order valence-corrected chi connectivity index (χ1v) is 8.12. The third-order valence-corrected chi connectivity index (χ3v) is 4.81. The van der Waals surface area contributed by atoms with Gasteiger partial charge >= 0.3 is 0 Å². The number of nitrogens with one attached hydrogen (secondary N) is 1. The highest BCUT2D eigenvalue weighted by Gasteiger charge is 2.24. The van der Waals surface area contributed by atoms with Gasteiger partial charge in [-0.3, -0.25) is 0 Å². The van der Waals surface area contributed by atoms with Crippen LogP contribution in [0, 0.1) is 12.8 Å². The lowest BCUT2D eigenvalue weighted by Gasteiger charge is -2.18. The topological polar surface area (TPSA) is 107 Å². The number of hydrogen-bond acceptors (Lipinski definition) is 5. The van der Waals surface area contributed by atoms with Gasteiger partial charge in [0.2, 0.25) is 10.0 Å². The number of benzene rings is 1. The van der Waals surface area contributed by atoms with Gasteiger partial charge in [0.15, 0.2) is 0 Å². The normalized spacial score (nSPS) is 22.9. The number of nitrogen functional groups attached to an aromatic ring is 1. The molecule has 1 aromatic rings. The highest BCUT2D eigenvalue weighted by Crippen LogP contribution is 2.27. The van der Waals surface area contributed by atoms with E-state index < -0.39 is 10.0 Å². The summed E-state index contributed by atoms with van der Waals surface area (Å²) < 4.78 is 28.6. The summed E-state index contributed by atoms with van der Waals surface area (Å²) in [4.78, 5) is 0.0655. The zero-order chi connectivity index (χ0) is 14.9. The van der Waals surface area contributed by atoms with Crippen LogP contribution in [0.25, 0.3) is 0 Å². The Morgan fingerprint density at radius 2 is 2.15 bits per heavy atom. The van der Waals surface area contributed by atoms with Crippen LogP contribution in [0.3, 0.4) is 0 Å². The molecule has 1 heterocycles. The van der Waals surface area contributed by atoms with E-state index in [1.54, 1.807) is 13.0 Å². The minimum Gasteiger partial charge on any atom is -0.399 e. The zero-order valence-electron chi connectivity index (χ0n) is 11.7. The first-order valence-electron chi connectivity index (χ1n) is 6.57. The van der Waals surface area contributed by atoms with Crippen molar-refractivity contribution in [2.75, 3.05) is 24.2 Å². The third kappa shape index (κ3) is 3.23. The molecule has 2 atom stereocenters. The highest BCUT2D eigenvalue weighted by molar-refractivity contribution is 7.89. The number of anilines is 2. The van der Waals surface area contributed by atoms with Crippen LogP contribution in [0.4, 0.5) is 11.4 Å². The summed E-state index contributed by atoms with van der Waals surface area (Å²) in [5, 5.41) is 8.46. The molecule has 0 saturated carbocycles. The van der Waals surface area contributed by atoms with Crippen molar-refractivity contribution in [1.29, 1.82) is 0 Å². The van der Waals surface area contributed by atoms with E-state index in [2.05, 4.69) is 5.32 Å². The Morgan fingerprint density at radius 3 is 2.70 bits per heavy atom. The van der Waals surface area contributed by atoms with E-state index in [0.29, 0.717) is 22.9 Å². The van der Waals surface area contributed by atoms with Crippen LogP contribution in [0.2, 0.25) is 0 Å². The molecule has 112 valence electrons. The molecule has 1 saturated heterocycles. The molecular formula is C13H21N3O3S. The van der Waals surface area contributed by atoms with E-state index in [-0.39, 0.29) is 11.0 Å². The Hall–Kier alpha value is -1.31. The lowest BCUT2D eigenvalue weighted by atomic mass is 10.0. The lowest BCUT2D eigenvalue weighted by molar-refractivity contribution is 0.108. The number of ether oxygens (including phenoxy) is 1. The molecule has 2 rings (SSSR count). The summed E-state index contributed by atoms with van der Waals surface area (Å²) in [6, 6.07) is 3.11. The van der Waals surface area contributed by atoms with Gasteiger partial charge in [0.1, 0.15) is 0 Å². The minimum atomic E-state index is -3.77. The van der Waals surface area contributed by atoms with E-state index in [9.17, 15) is 8.42 Å². The number of nitrogens with two attached hydrogens (primary N) is 2. The number of hydrogen-bond donors (Lipinski definition) is 3. The Bertz CT molecular complexity index is 601. The molecule has 20 heavy (non-hydrogen) atoms. The van der Waals surface area contributed by atoms with Gasteiger partial charge in [-0.15, -0.1) is 0 Å². The quantitative estimate of drug-likeness (QED) is 0.721. The predicted octanol–water partition coefficient (Wildman–Crippen LogP) is 1.06. The molecule has 7 heteroatoms. The summed E-state index contributed by atoms with van der Waals surface area (Å²) in [6.45, 7) is 5.25.